The molecule has 0 saturated carbocycles. The zero-order chi connectivity index (χ0) is 16.8. The van der Waals surface area contributed by atoms with Gasteiger partial charge >= 0.3 is 16.9 Å². The fraction of sp³-hybridized carbons (Fsp3) is 0. The second kappa shape index (κ2) is 4.83. The molecule has 0 unspecified atom stereocenters. The van der Waals surface area contributed by atoms with Crippen LogP contribution in [0.15, 0.2) is 15.7 Å². The zero-order valence-electron chi connectivity index (χ0n) is 10.1. The van der Waals surface area contributed by atoms with Gasteiger partial charge in [-0.2, -0.15) is 4.39 Å². The molecule has 0 saturated heterocycles. The van der Waals surface area contributed by atoms with Crippen LogP contribution in [0.2, 0.25) is 0 Å². The van der Waals surface area contributed by atoms with Crippen molar-refractivity contribution in [3.05, 3.63) is 58.5 Å². The van der Waals surface area contributed by atoms with Gasteiger partial charge in [0, 0.05) is 6.07 Å². The molecule has 22 heavy (non-hydrogen) atoms. The minimum atomic E-state index is -2.01. The van der Waals surface area contributed by atoms with Crippen molar-refractivity contribution in [2.75, 3.05) is 0 Å². The highest BCUT2D eigenvalue weighted by Gasteiger charge is 2.30. The molecule has 2 rings (SSSR count). The van der Waals surface area contributed by atoms with E-state index in [0.717, 1.165) is 0 Å². The Morgan fingerprint density at radius 3 is 2.14 bits per heavy atom. The Morgan fingerprint density at radius 1 is 1.09 bits per heavy atom. The molecule has 0 spiro atoms. The number of nitro groups is 2. The average Bonchev–Trinajstić information content (AvgIpc) is 2.48. The van der Waals surface area contributed by atoms with Gasteiger partial charge in [0.2, 0.25) is 17.0 Å². The van der Waals surface area contributed by atoms with Crippen LogP contribution >= 0.6 is 0 Å². The number of hydrogen-bond acceptors (Lipinski definition) is 7. The van der Waals surface area contributed by atoms with Crippen LogP contribution in [0.4, 0.5) is 20.2 Å². The van der Waals surface area contributed by atoms with E-state index < -0.39 is 60.5 Å². The maximum absolute atomic E-state index is 13.5. The van der Waals surface area contributed by atoms with Crippen LogP contribution in [-0.4, -0.2) is 19.9 Å². The molecule has 0 fully saturated rings. The standard InChI is InChI=1S/C10H3F2N3O7/c11-2-1-3-4(6(5(2)12)14(19)20)8(16)9(17)7(15(21)22)10(18)13-3/h1H,(H,13,18)(H,16,17). The summed E-state index contributed by atoms with van der Waals surface area (Å²) >= 11 is 0. The van der Waals surface area contributed by atoms with E-state index >= 15 is 0 Å². The summed E-state index contributed by atoms with van der Waals surface area (Å²) in [5.74, 6) is -5.50. The minimum Gasteiger partial charge on any atom is -0.499 e. The molecule has 0 aliphatic carbocycles. The van der Waals surface area contributed by atoms with Crippen LogP contribution in [0.1, 0.15) is 0 Å². The third-order valence-corrected chi connectivity index (χ3v) is 2.69. The molecule has 10 nitrogen and oxygen atoms in total. The maximum Gasteiger partial charge on any atom is 0.379 e. The molecular weight excluding hydrogens is 312 g/mol. The topological polar surface area (TPSA) is 156 Å². The second-order valence-corrected chi connectivity index (χ2v) is 3.94. The maximum atomic E-state index is 13.5. The summed E-state index contributed by atoms with van der Waals surface area (Å²) in [6, 6.07) is 0.240. The third-order valence-electron chi connectivity index (χ3n) is 2.69. The van der Waals surface area contributed by atoms with Crippen molar-refractivity contribution >= 4 is 22.3 Å². The molecule has 1 heterocycles. The smallest absolute Gasteiger partial charge is 0.379 e. The predicted molar refractivity (Wildman–Crippen MR) is 65.7 cm³/mol. The van der Waals surface area contributed by atoms with Crippen molar-refractivity contribution in [2.45, 2.75) is 0 Å². The lowest BCUT2D eigenvalue weighted by molar-refractivity contribution is -0.387. The monoisotopic (exact) mass is 315 g/mol. The number of nitrogens with zero attached hydrogens (tertiary/aromatic N) is 2. The molecule has 0 amide bonds. The number of nitrogens with one attached hydrogen (secondary N) is 1. The number of hydrogen-bond donors (Lipinski definition) is 2. The Labute approximate surface area is 116 Å². The molecule has 0 bridgehead atoms. The van der Waals surface area contributed by atoms with Crippen molar-refractivity contribution in [3.8, 4) is 5.75 Å². The lowest BCUT2D eigenvalue weighted by atomic mass is 10.1. The number of halogens is 2. The number of aromatic nitrogens is 1. The Bertz CT molecular complexity index is 969. The summed E-state index contributed by atoms with van der Waals surface area (Å²) in [6.45, 7) is 0. The summed E-state index contributed by atoms with van der Waals surface area (Å²) in [6.07, 6.45) is 0. The first kappa shape index (κ1) is 15.0. The van der Waals surface area contributed by atoms with Crippen LogP contribution in [0.5, 0.6) is 5.75 Å². The Hall–Kier alpha value is -3.44. The van der Waals surface area contributed by atoms with Gasteiger partial charge < -0.3 is 10.1 Å². The molecule has 0 atom stereocenters. The fourth-order valence-corrected chi connectivity index (χ4v) is 1.80. The number of fused-ring (bicyclic) bond motifs is 1. The molecule has 1 aromatic heterocycles. The van der Waals surface area contributed by atoms with Gasteiger partial charge in [-0.3, -0.25) is 29.8 Å². The van der Waals surface area contributed by atoms with E-state index in [0.29, 0.717) is 0 Å². The molecule has 12 heteroatoms. The normalized spacial score (nSPS) is 10.6. The lowest BCUT2D eigenvalue weighted by Crippen LogP contribution is -2.09. The van der Waals surface area contributed by atoms with E-state index in [1.165, 1.54) is 0 Å². The molecule has 114 valence electrons. The van der Waals surface area contributed by atoms with Crippen molar-refractivity contribution in [2.24, 2.45) is 0 Å². The summed E-state index contributed by atoms with van der Waals surface area (Å²) in [5, 5.41) is 29.7. The molecule has 0 aliphatic rings. The number of H-pyrrole nitrogens is 1. The highest BCUT2D eigenvalue weighted by molar-refractivity contribution is 5.89. The number of nitro benzene ring substituents is 1. The van der Waals surface area contributed by atoms with Gasteiger partial charge in [-0.1, -0.05) is 0 Å². The van der Waals surface area contributed by atoms with Crippen molar-refractivity contribution < 1.29 is 23.7 Å². The van der Waals surface area contributed by atoms with E-state index in [-0.39, 0.29) is 6.07 Å². The van der Waals surface area contributed by atoms with Gasteiger partial charge in [0.15, 0.2) is 5.82 Å². The number of aromatic hydroxyl groups is 1. The number of rotatable bonds is 2. The SMILES string of the molecule is O=c1[nH]c2cc(F)c(F)c([N+](=O)[O-])c2c(=O)c(O)c1[N+](=O)[O-]. The molecule has 0 aliphatic heterocycles. The van der Waals surface area contributed by atoms with E-state index in [1.807, 2.05) is 0 Å². The Balaban J connectivity index is 3.30. The highest BCUT2D eigenvalue weighted by Crippen LogP contribution is 2.28. The van der Waals surface area contributed by atoms with Crippen LogP contribution < -0.4 is 11.0 Å². The summed E-state index contributed by atoms with van der Waals surface area (Å²) < 4.78 is 26.8. The summed E-state index contributed by atoms with van der Waals surface area (Å²) in [5.41, 5.74) is -7.50. The Morgan fingerprint density at radius 2 is 1.64 bits per heavy atom. The largest absolute Gasteiger partial charge is 0.499 e. The molecule has 2 N–H and O–H groups in total. The first-order valence-electron chi connectivity index (χ1n) is 5.26. The molecule has 1 aromatic carbocycles. The predicted octanol–water partition coefficient (Wildman–Crippen LogP) is 0.688. The zero-order valence-corrected chi connectivity index (χ0v) is 10.1. The van der Waals surface area contributed by atoms with Crippen LogP contribution in [0.3, 0.4) is 0 Å². The van der Waals surface area contributed by atoms with Gasteiger partial charge in [-0.05, 0) is 0 Å². The van der Waals surface area contributed by atoms with E-state index in [4.69, 9.17) is 0 Å². The van der Waals surface area contributed by atoms with Gasteiger partial charge in [0.05, 0.1) is 15.4 Å². The molecular formula is C10H3F2N3O7. The van der Waals surface area contributed by atoms with Crippen molar-refractivity contribution in [1.29, 1.82) is 0 Å². The van der Waals surface area contributed by atoms with Gasteiger partial charge in [-0.25, -0.2) is 4.39 Å². The average molecular weight is 315 g/mol. The van der Waals surface area contributed by atoms with E-state index in [2.05, 4.69) is 0 Å². The van der Waals surface area contributed by atoms with E-state index in [1.54, 1.807) is 4.98 Å². The van der Waals surface area contributed by atoms with Crippen LogP contribution in [0, 0.1) is 31.9 Å². The minimum absolute atomic E-state index is 0.240. The first-order valence-corrected chi connectivity index (χ1v) is 5.26. The Kier molecular flexibility index (Phi) is 3.29. The third kappa shape index (κ3) is 2.02. The van der Waals surface area contributed by atoms with Crippen molar-refractivity contribution in [3.63, 3.8) is 0 Å². The van der Waals surface area contributed by atoms with Crippen LogP contribution in [0.25, 0.3) is 10.9 Å². The second-order valence-electron chi connectivity index (χ2n) is 3.94. The van der Waals surface area contributed by atoms with Gasteiger partial charge in [0.25, 0.3) is 0 Å². The van der Waals surface area contributed by atoms with Gasteiger partial charge in [-0.15, -0.1) is 0 Å². The number of benzene rings is 1. The van der Waals surface area contributed by atoms with Gasteiger partial charge in [0.1, 0.15) is 5.39 Å². The van der Waals surface area contributed by atoms with Crippen LogP contribution in [-0.2, 0) is 0 Å². The fourth-order valence-electron chi connectivity index (χ4n) is 1.80. The van der Waals surface area contributed by atoms with E-state index in [9.17, 15) is 43.7 Å². The summed E-state index contributed by atoms with van der Waals surface area (Å²) in [4.78, 5) is 43.7. The summed E-state index contributed by atoms with van der Waals surface area (Å²) in [7, 11) is 0. The lowest BCUT2D eigenvalue weighted by Gasteiger charge is -1.98. The molecule has 0 radical (unpaired) electrons. The first-order chi connectivity index (χ1) is 10.2. The molecule has 2 aromatic rings. The van der Waals surface area contributed by atoms with Crippen molar-refractivity contribution in [1.82, 2.24) is 4.98 Å². The number of aromatic amines is 1. The highest BCUT2D eigenvalue weighted by atomic mass is 19.2. The quantitative estimate of drug-likeness (QED) is 0.609.